The molecule has 0 saturated heterocycles. The molecule has 0 atom stereocenters. The highest BCUT2D eigenvalue weighted by atomic mass is 16.5. The lowest BCUT2D eigenvalue weighted by molar-refractivity contribution is 0.432. The summed E-state index contributed by atoms with van der Waals surface area (Å²) in [6.45, 7) is 2.08. The molecule has 3 aromatic carbocycles. The summed E-state index contributed by atoms with van der Waals surface area (Å²) >= 11 is 0. The van der Waals surface area contributed by atoms with Crippen LogP contribution in [0, 0.1) is 6.92 Å². The van der Waals surface area contributed by atoms with E-state index in [1.54, 1.807) is 0 Å². The van der Waals surface area contributed by atoms with Crippen molar-refractivity contribution in [2.75, 3.05) is 0 Å². The van der Waals surface area contributed by atoms with E-state index in [0.717, 1.165) is 33.5 Å². The normalized spacial score (nSPS) is 12.4. The fraction of sp³-hybridized carbons (Fsp3) is 0.0526. The monoisotopic (exact) mass is 286 g/mol. The van der Waals surface area contributed by atoms with Gasteiger partial charge >= 0.3 is 7.12 Å². The summed E-state index contributed by atoms with van der Waals surface area (Å²) in [5.41, 5.74) is 6.18. The van der Waals surface area contributed by atoms with E-state index in [-0.39, 0.29) is 0 Å². The minimum Gasteiger partial charge on any atom is -0.531 e. The summed E-state index contributed by atoms with van der Waals surface area (Å²) < 4.78 is 5.85. The van der Waals surface area contributed by atoms with Gasteiger partial charge in [-0.25, -0.2) is 0 Å². The molecule has 0 fully saturated rings. The van der Waals surface area contributed by atoms with E-state index >= 15 is 0 Å². The van der Waals surface area contributed by atoms with Crippen molar-refractivity contribution in [3.63, 3.8) is 0 Å². The summed E-state index contributed by atoms with van der Waals surface area (Å²) in [5, 5.41) is 10.3. The van der Waals surface area contributed by atoms with Crippen LogP contribution in [0.25, 0.3) is 22.3 Å². The zero-order valence-corrected chi connectivity index (χ0v) is 12.3. The average Bonchev–Trinajstić information content (AvgIpc) is 2.56. The molecular formula is C19H15BO2. The molecule has 22 heavy (non-hydrogen) atoms. The lowest BCUT2D eigenvalue weighted by Crippen LogP contribution is -2.40. The Morgan fingerprint density at radius 1 is 0.818 bits per heavy atom. The molecule has 0 aliphatic carbocycles. The third-order valence-electron chi connectivity index (χ3n) is 4.06. The van der Waals surface area contributed by atoms with Gasteiger partial charge in [0.1, 0.15) is 5.75 Å². The van der Waals surface area contributed by atoms with E-state index in [0.29, 0.717) is 0 Å². The molecule has 0 spiro atoms. The third kappa shape index (κ3) is 2.02. The van der Waals surface area contributed by atoms with Crippen molar-refractivity contribution in [1.82, 2.24) is 0 Å². The van der Waals surface area contributed by atoms with Crippen molar-refractivity contribution in [1.29, 1.82) is 0 Å². The number of rotatable bonds is 1. The lowest BCUT2D eigenvalue weighted by Gasteiger charge is -2.26. The Morgan fingerprint density at radius 2 is 1.50 bits per heavy atom. The van der Waals surface area contributed by atoms with Gasteiger partial charge in [0.2, 0.25) is 0 Å². The van der Waals surface area contributed by atoms with Gasteiger partial charge < -0.3 is 9.68 Å². The number of hydrogen-bond donors (Lipinski definition) is 1. The van der Waals surface area contributed by atoms with Crippen LogP contribution in [0.15, 0.2) is 66.7 Å². The van der Waals surface area contributed by atoms with E-state index in [1.165, 1.54) is 5.56 Å². The predicted octanol–water partition coefficient (Wildman–Crippen LogP) is 3.41. The van der Waals surface area contributed by atoms with Gasteiger partial charge in [-0.1, -0.05) is 54.6 Å². The maximum Gasteiger partial charge on any atom is 0.560 e. The fourth-order valence-electron chi connectivity index (χ4n) is 3.07. The molecule has 1 aliphatic heterocycles. The maximum absolute atomic E-state index is 10.3. The van der Waals surface area contributed by atoms with Crippen LogP contribution >= 0.6 is 0 Å². The first-order valence-electron chi connectivity index (χ1n) is 7.38. The first-order valence-corrected chi connectivity index (χ1v) is 7.38. The van der Waals surface area contributed by atoms with Gasteiger partial charge in [0.05, 0.1) is 0 Å². The van der Waals surface area contributed by atoms with Gasteiger partial charge in [-0.15, -0.1) is 0 Å². The van der Waals surface area contributed by atoms with Gasteiger partial charge in [0.25, 0.3) is 0 Å². The molecule has 106 valence electrons. The second-order valence-corrected chi connectivity index (χ2v) is 5.61. The summed E-state index contributed by atoms with van der Waals surface area (Å²) in [6.07, 6.45) is 0. The van der Waals surface area contributed by atoms with E-state index in [2.05, 4.69) is 31.2 Å². The summed E-state index contributed by atoms with van der Waals surface area (Å²) in [4.78, 5) is 0. The van der Waals surface area contributed by atoms with Crippen LogP contribution in [0.3, 0.4) is 0 Å². The maximum atomic E-state index is 10.3. The Kier molecular flexibility index (Phi) is 3.02. The zero-order valence-electron chi connectivity index (χ0n) is 12.3. The van der Waals surface area contributed by atoms with Gasteiger partial charge in [-0.05, 0) is 35.7 Å². The van der Waals surface area contributed by atoms with Crippen LogP contribution in [-0.2, 0) is 0 Å². The Bertz CT molecular complexity index is 826. The predicted molar refractivity (Wildman–Crippen MR) is 90.3 cm³/mol. The van der Waals surface area contributed by atoms with Crippen molar-refractivity contribution in [2.24, 2.45) is 0 Å². The van der Waals surface area contributed by atoms with Crippen LogP contribution in [0.1, 0.15) is 5.56 Å². The van der Waals surface area contributed by atoms with Gasteiger partial charge in [-0.3, -0.25) is 0 Å². The molecule has 0 unspecified atom stereocenters. The van der Waals surface area contributed by atoms with Crippen molar-refractivity contribution in [2.45, 2.75) is 6.92 Å². The molecule has 2 nitrogen and oxygen atoms in total. The van der Waals surface area contributed by atoms with Crippen molar-refractivity contribution in [3.05, 3.63) is 72.3 Å². The van der Waals surface area contributed by atoms with E-state index in [9.17, 15) is 5.02 Å². The van der Waals surface area contributed by atoms with Crippen molar-refractivity contribution < 1.29 is 9.68 Å². The SMILES string of the molecule is Cc1cc(-c2ccccc2)c2c(c1)-c1ccccc1B(O)O2. The highest BCUT2D eigenvalue weighted by Crippen LogP contribution is 2.41. The van der Waals surface area contributed by atoms with Crippen LogP contribution < -0.4 is 10.1 Å². The molecule has 1 N–H and O–H groups in total. The zero-order chi connectivity index (χ0) is 15.1. The Balaban J connectivity index is 2.01. The Labute approximate surface area is 130 Å². The molecular weight excluding hydrogens is 271 g/mol. The highest BCUT2D eigenvalue weighted by Gasteiger charge is 2.31. The van der Waals surface area contributed by atoms with Gasteiger partial charge in [-0.2, -0.15) is 0 Å². The smallest absolute Gasteiger partial charge is 0.531 e. The van der Waals surface area contributed by atoms with Crippen molar-refractivity contribution in [3.8, 4) is 28.0 Å². The van der Waals surface area contributed by atoms with E-state index in [1.807, 2.05) is 42.5 Å². The van der Waals surface area contributed by atoms with Crippen LogP contribution in [0.5, 0.6) is 5.75 Å². The molecule has 3 heteroatoms. The minimum absolute atomic E-state index is 0.753. The van der Waals surface area contributed by atoms with E-state index in [4.69, 9.17) is 4.65 Å². The first-order chi connectivity index (χ1) is 10.7. The molecule has 1 aliphatic rings. The standard InChI is InChI=1S/C19H15BO2/c1-13-11-16(14-7-3-2-4-8-14)19-17(12-13)15-9-5-6-10-18(15)20(21)22-19/h2-12,21H,1H3. The number of aryl methyl sites for hydroxylation is 1. The largest absolute Gasteiger partial charge is 0.560 e. The second kappa shape index (κ2) is 5.04. The lowest BCUT2D eigenvalue weighted by atomic mass is 9.71. The molecule has 0 saturated carbocycles. The number of benzene rings is 3. The summed E-state index contributed by atoms with van der Waals surface area (Å²) in [6, 6.07) is 22.2. The molecule has 1 heterocycles. The molecule has 0 bridgehead atoms. The minimum atomic E-state index is -0.922. The quantitative estimate of drug-likeness (QED) is 0.695. The van der Waals surface area contributed by atoms with Gasteiger partial charge in [0.15, 0.2) is 0 Å². The fourth-order valence-corrected chi connectivity index (χ4v) is 3.07. The Morgan fingerprint density at radius 3 is 2.32 bits per heavy atom. The van der Waals surface area contributed by atoms with Crippen LogP contribution in [0.4, 0.5) is 0 Å². The molecule has 0 amide bonds. The summed E-state index contributed by atoms with van der Waals surface area (Å²) in [7, 11) is -0.922. The first kappa shape index (κ1) is 13.2. The molecule has 3 aromatic rings. The van der Waals surface area contributed by atoms with Gasteiger partial charge in [0, 0.05) is 16.6 Å². The average molecular weight is 286 g/mol. The van der Waals surface area contributed by atoms with Crippen LogP contribution in [-0.4, -0.2) is 12.1 Å². The van der Waals surface area contributed by atoms with Crippen molar-refractivity contribution >= 4 is 12.6 Å². The Hall–Kier alpha value is -2.52. The third-order valence-corrected chi connectivity index (χ3v) is 4.06. The number of fused-ring (bicyclic) bond motifs is 3. The molecule has 4 rings (SSSR count). The molecule has 0 aromatic heterocycles. The number of hydrogen-bond acceptors (Lipinski definition) is 2. The molecule has 0 radical (unpaired) electrons. The summed E-state index contributed by atoms with van der Waals surface area (Å²) in [5.74, 6) is 0.753. The second-order valence-electron chi connectivity index (χ2n) is 5.61. The highest BCUT2D eigenvalue weighted by molar-refractivity contribution is 6.63. The van der Waals surface area contributed by atoms with E-state index < -0.39 is 7.12 Å². The van der Waals surface area contributed by atoms with Crippen LogP contribution in [0.2, 0.25) is 0 Å². The topological polar surface area (TPSA) is 29.5 Å².